The fourth-order valence-electron chi connectivity index (χ4n) is 2.57. The Labute approximate surface area is 124 Å². The molecule has 3 rings (SSSR count). The summed E-state index contributed by atoms with van der Waals surface area (Å²) in [4.78, 5) is 12.3. The van der Waals surface area contributed by atoms with Crippen molar-refractivity contribution < 1.29 is 9.53 Å². The molecule has 0 aliphatic carbocycles. The zero-order valence-electron chi connectivity index (χ0n) is 12.5. The van der Waals surface area contributed by atoms with Gasteiger partial charge in [-0.25, -0.2) is 0 Å². The molecule has 0 radical (unpaired) electrons. The highest BCUT2D eigenvalue weighted by molar-refractivity contribution is 5.98. The van der Waals surface area contributed by atoms with Crippen LogP contribution in [0.2, 0.25) is 0 Å². The SMILES string of the molecule is CC(C)(C)c1cccc2c1OC(c1ccccc1)C(=O)N2. The van der Waals surface area contributed by atoms with E-state index in [1.807, 2.05) is 42.5 Å². The molecule has 3 heteroatoms. The van der Waals surface area contributed by atoms with E-state index in [0.717, 1.165) is 22.6 Å². The molecule has 0 bridgehead atoms. The van der Waals surface area contributed by atoms with Gasteiger partial charge in [-0.1, -0.05) is 63.2 Å². The highest BCUT2D eigenvalue weighted by Crippen LogP contribution is 2.42. The minimum atomic E-state index is -0.595. The number of amides is 1. The van der Waals surface area contributed by atoms with E-state index >= 15 is 0 Å². The number of benzene rings is 2. The molecule has 1 N–H and O–H groups in total. The molecule has 3 nitrogen and oxygen atoms in total. The van der Waals surface area contributed by atoms with E-state index in [0.29, 0.717) is 0 Å². The van der Waals surface area contributed by atoms with Gasteiger partial charge < -0.3 is 10.1 Å². The van der Waals surface area contributed by atoms with E-state index in [1.165, 1.54) is 0 Å². The van der Waals surface area contributed by atoms with E-state index in [1.54, 1.807) is 0 Å². The molecule has 2 aromatic rings. The van der Waals surface area contributed by atoms with Crippen molar-refractivity contribution >= 4 is 11.6 Å². The van der Waals surface area contributed by atoms with Gasteiger partial charge in [0, 0.05) is 11.1 Å². The number of carbonyl (C=O) groups excluding carboxylic acids is 1. The zero-order chi connectivity index (χ0) is 15.0. The fourth-order valence-corrected chi connectivity index (χ4v) is 2.57. The molecule has 1 atom stereocenters. The van der Waals surface area contributed by atoms with Crippen molar-refractivity contribution in [1.82, 2.24) is 0 Å². The van der Waals surface area contributed by atoms with Crippen LogP contribution < -0.4 is 10.1 Å². The fraction of sp³-hybridized carbons (Fsp3) is 0.278. The molecule has 1 amide bonds. The second-order valence-electron chi connectivity index (χ2n) is 6.33. The monoisotopic (exact) mass is 281 g/mol. The van der Waals surface area contributed by atoms with Crippen molar-refractivity contribution in [2.75, 3.05) is 5.32 Å². The molecule has 0 fully saturated rings. The first-order chi connectivity index (χ1) is 9.97. The molecule has 1 heterocycles. The van der Waals surface area contributed by atoms with Gasteiger partial charge in [0.15, 0.2) is 0 Å². The minimum Gasteiger partial charge on any atom is -0.473 e. The predicted molar refractivity (Wildman–Crippen MR) is 83.6 cm³/mol. The highest BCUT2D eigenvalue weighted by atomic mass is 16.5. The molecular weight excluding hydrogens is 262 g/mol. The Bertz CT molecular complexity index is 671. The summed E-state index contributed by atoms with van der Waals surface area (Å²) in [6, 6.07) is 15.5. The second-order valence-corrected chi connectivity index (χ2v) is 6.33. The van der Waals surface area contributed by atoms with Crippen molar-refractivity contribution in [3.8, 4) is 5.75 Å². The second kappa shape index (κ2) is 4.92. The first kappa shape index (κ1) is 13.7. The van der Waals surface area contributed by atoms with Gasteiger partial charge in [0.1, 0.15) is 5.75 Å². The lowest BCUT2D eigenvalue weighted by molar-refractivity contribution is -0.123. The molecule has 0 spiro atoms. The summed E-state index contributed by atoms with van der Waals surface area (Å²) in [5.41, 5.74) is 2.67. The molecule has 2 aromatic carbocycles. The third-order valence-corrected chi connectivity index (χ3v) is 3.66. The average molecular weight is 281 g/mol. The Morgan fingerprint density at radius 3 is 2.38 bits per heavy atom. The standard InChI is InChI=1S/C18H19NO2/c1-18(2,3)13-10-7-11-14-16(13)21-15(17(20)19-14)12-8-5-4-6-9-12/h4-11,15H,1-3H3,(H,19,20). The lowest BCUT2D eigenvalue weighted by atomic mass is 9.85. The van der Waals surface area contributed by atoms with Gasteiger partial charge >= 0.3 is 0 Å². The number of rotatable bonds is 1. The molecule has 21 heavy (non-hydrogen) atoms. The Hall–Kier alpha value is -2.29. The van der Waals surface area contributed by atoms with E-state index in [2.05, 4.69) is 32.2 Å². The summed E-state index contributed by atoms with van der Waals surface area (Å²) in [6.45, 7) is 6.42. The van der Waals surface area contributed by atoms with Crippen LogP contribution in [-0.4, -0.2) is 5.91 Å². The number of fused-ring (bicyclic) bond motifs is 1. The smallest absolute Gasteiger partial charge is 0.270 e. The number of hydrogen-bond donors (Lipinski definition) is 1. The lowest BCUT2D eigenvalue weighted by Crippen LogP contribution is -2.31. The Balaban J connectivity index is 2.06. The molecule has 1 aliphatic heterocycles. The predicted octanol–water partition coefficient (Wildman–Crippen LogP) is 4.06. The third-order valence-electron chi connectivity index (χ3n) is 3.66. The van der Waals surface area contributed by atoms with Gasteiger partial charge in [0.05, 0.1) is 5.69 Å². The van der Waals surface area contributed by atoms with Crippen LogP contribution in [0.3, 0.4) is 0 Å². The Morgan fingerprint density at radius 2 is 1.71 bits per heavy atom. The van der Waals surface area contributed by atoms with Gasteiger partial charge in [-0.3, -0.25) is 4.79 Å². The van der Waals surface area contributed by atoms with Gasteiger partial charge in [0.2, 0.25) is 6.10 Å². The van der Waals surface area contributed by atoms with Crippen LogP contribution in [0, 0.1) is 0 Å². The summed E-state index contributed by atoms with van der Waals surface area (Å²) in [6.07, 6.45) is -0.595. The maximum atomic E-state index is 12.3. The van der Waals surface area contributed by atoms with Gasteiger partial charge in [-0.15, -0.1) is 0 Å². The molecule has 0 saturated heterocycles. The summed E-state index contributed by atoms with van der Waals surface area (Å²) in [5.74, 6) is 0.651. The van der Waals surface area contributed by atoms with E-state index in [9.17, 15) is 4.79 Å². The normalized spacial score (nSPS) is 17.7. The molecule has 1 unspecified atom stereocenters. The number of ether oxygens (including phenoxy) is 1. The topological polar surface area (TPSA) is 38.3 Å². The lowest BCUT2D eigenvalue weighted by Gasteiger charge is -2.31. The van der Waals surface area contributed by atoms with Crippen LogP contribution in [0.25, 0.3) is 0 Å². The maximum Gasteiger partial charge on any atom is 0.270 e. The third kappa shape index (κ3) is 2.51. The van der Waals surface area contributed by atoms with Crippen LogP contribution in [-0.2, 0) is 10.2 Å². The number of anilines is 1. The van der Waals surface area contributed by atoms with E-state index in [-0.39, 0.29) is 11.3 Å². The van der Waals surface area contributed by atoms with Crippen LogP contribution in [0.5, 0.6) is 5.75 Å². The summed E-state index contributed by atoms with van der Waals surface area (Å²) < 4.78 is 6.08. The molecule has 0 aromatic heterocycles. The van der Waals surface area contributed by atoms with Crippen molar-refractivity contribution in [2.24, 2.45) is 0 Å². The van der Waals surface area contributed by atoms with Crippen LogP contribution in [0.4, 0.5) is 5.69 Å². The molecule has 1 aliphatic rings. The Morgan fingerprint density at radius 1 is 1.00 bits per heavy atom. The van der Waals surface area contributed by atoms with Crippen molar-refractivity contribution in [3.05, 3.63) is 59.7 Å². The van der Waals surface area contributed by atoms with Gasteiger partial charge in [-0.2, -0.15) is 0 Å². The van der Waals surface area contributed by atoms with Crippen molar-refractivity contribution in [1.29, 1.82) is 0 Å². The average Bonchev–Trinajstić information content (AvgIpc) is 2.45. The first-order valence-electron chi connectivity index (χ1n) is 7.13. The highest BCUT2D eigenvalue weighted by Gasteiger charge is 2.32. The number of hydrogen-bond acceptors (Lipinski definition) is 2. The minimum absolute atomic E-state index is 0.0470. The number of nitrogens with one attached hydrogen (secondary N) is 1. The van der Waals surface area contributed by atoms with Gasteiger partial charge in [0.25, 0.3) is 5.91 Å². The van der Waals surface area contributed by atoms with E-state index < -0.39 is 6.10 Å². The van der Waals surface area contributed by atoms with Crippen LogP contribution >= 0.6 is 0 Å². The van der Waals surface area contributed by atoms with Gasteiger partial charge in [-0.05, 0) is 11.5 Å². The summed E-state index contributed by atoms with van der Waals surface area (Å²) in [5, 5.41) is 2.96. The molecule has 0 saturated carbocycles. The molecular formula is C18H19NO2. The number of para-hydroxylation sites is 1. The quantitative estimate of drug-likeness (QED) is 0.856. The summed E-state index contributed by atoms with van der Waals surface area (Å²) >= 11 is 0. The summed E-state index contributed by atoms with van der Waals surface area (Å²) in [7, 11) is 0. The number of carbonyl (C=O) groups is 1. The van der Waals surface area contributed by atoms with Crippen molar-refractivity contribution in [2.45, 2.75) is 32.3 Å². The van der Waals surface area contributed by atoms with E-state index in [4.69, 9.17) is 4.74 Å². The van der Waals surface area contributed by atoms with Crippen LogP contribution in [0.15, 0.2) is 48.5 Å². The largest absolute Gasteiger partial charge is 0.473 e. The van der Waals surface area contributed by atoms with Crippen LogP contribution in [0.1, 0.15) is 38.0 Å². The molecule has 108 valence electrons. The Kier molecular flexibility index (Phi) is 3.20. The first-order valence-corrected chi connectivity index (χ1v) is 7.13. The zero-order valence-corrected chi connectivity index (χ0v) is 12.5. The van der Waals surface area contributed by atoms with Crippen molar-refractivity contribution in [3.63, 3.8) is 0 Å². The maximum absolute atomic E-state index is 12.3.